The molecule has 122 valence electrons. The van der Waals surface area contributed by atoms with Crippen molar-refractivity contribution in [3.63, 3.8) is 0 Å². The maximum Gasteiger partial charge on any atom is 0.419 e. The quantitative estimate of drug-likeness (QED) is 0.351. The highest BCUT2D eigenvalue weighted by molar-refractivity contribution is 6.43. The van der Waals surface area contributed by atoms with E-state index in [2.05, 4.69) is 0 Å². The largest absolute Gasteiger partial charge is 0.419 e. The standard InChI is InChI=1S/C9H2Cl3F9/c10-4-2(7(13,14)15)1-6(12,9(19,20)21)5(11)3(4)8(16,17)18/h1H2. The number of hydrogen-bond acceptors (Lipinski definition) is 0. The van der Waals surface area contributed by atoms with Gasteiger partial charge in [0.1, 0.15) is 0 Å². The van der Waals surface area contributed by atoms with Crippen molar-refractivity contribution in [3.05, 3.63) is 21.2 Å². The van der Waals surface area contributed by atoms with Crippen LogP contribution in [0.4, 0.5) is 39.5 Å². The van der Waals surface area contributed by atoms with Gasteiger partial charge in [-0.25, -0.2) is 0 Å². The average Bonchev–Trinajstić information content (AvgIpc) is 2.18. The van der Waals surface area contributed by atoms with E-state index in [9.17, 15) is 39.5 Å². The smallest absolute Gasteiger partial charge is 0.169 e. The van der Waals surface area contributed by atoms with Crippen LogP contribution >= 0.6 is 34.8 Å². The minimum atomic E-state index is -5.66. The van der Waals surface area contributed by atoms with E-state index in [-0.39, 0.29) is 0 Å². The Morgan fingerprint density at radius 2 is 1.24 bits per heavy atom. The van der Waals surface area contributed by atoms with Crippen LogP contribution in [0.25, 0.3) is 0 Å². The molecule has 0 aromatic carbocycles. The Hall–Kier alpha value is -0.280. The summed E-state index contributed by atoms with van der Waals surface area (Å²) in [6, 6.07) is 0. The molecule has 0 nitrogen and oxygen atoms in total. The van der Waals surface area contributed by atoms with Crippen LogP contribution in [0.3, 0.4) is 0 Å². The van der Waals surface area contributed by atoms with Crippen molar-refractivity contribution in [1.29, 1.82) is 0 Å². The lowest BCUT2D eigenvalue weighted by Crippen LogP contribution is -2.45. The van der Waals surface area contributed by atoms with E-state index in [0.717, 1.165) is 0 Å². The molecule has 0 saturated heterocycles. The summed E-state index contributed by atoms with van der Waals surface area (Å²) in [5.41, 5.74) is -4.69. The summed E-state index contributed by atoms with van der Waals surface area (Å²) < 4.78 is 114. The second-order valence-corrected chi connectivity index (χ2v) is 5.35. The van der Waals surface area contributed by atoms with Gasteiger partial charge >= 0.3 is 18.5 Å². The molecule has 0 aromatic heterocycles. The van der Waals surface area contributed by atoms with Gasteiger partial charge < -0.3 is 0 Å². The number of rotatable bonds is 0. The summed E-state index contributed by atoms with van der Waals surface area (Å²) in [4.78, 5) is -4.05. The van der Waals surface area contributed by atoms with Crippen LogP contribution in [0.1, 0.15) is 6.42 Å². The minimum Gasteiger partial charge on any atom is -0.169 e. The normalized spacial score (nSPS) is 25.7. The first-order valence-electron chi connectivity index (χ1n) is 4.72. The highest BCUT2D eigenvalue weighted by Crippen LogP contribution is 2.58. The Balaban J connectivity index is 3.74. The van der Waals surface area contributed by atoms with Gasteiger partial charge in [-0.1, -0.05) is 23.2 Å². The topological polar surface area (TPSA) is 0 Å². The van der Waals surface area contributed by atoms with E-state index in [1.54, 1.807) is 0 Å². The Bertz CT molecular complexity index is 508. The second kappa shape index (κ2) is 5.13. The molecule has 0 heterocycles. The van der Waals surface area contributed by atoms with Crippen LogP contribution in [0.5, 0.6) is 0 Å². The van der Waals surface area contributed by atoms with Crippen molar-refractivity contribution in [3.8, 4) is 0 Å². The van der Waals surface area contributed by atoms with Crippen LogP contribution in [0.15, 0.2) is 21.2 Å². The molecule has 21 heavy (non-hydrogen) atoms. The molecule has 0 amide bonds. The summed E-state index contributed by atoms with van der Waals surface area (Å²) >= 11 is 14.9. The monoisotopic (exact) mass is 386 g/mol. The molecule has 1 atom stereocenters. The molecule has 0 fully saturated rings. The van der Waals surface area contributed by atoms with Gasteiger partial charge in [-0.15, -0.1) is 11.6 Å². The summed E-state index contributed by atoms with van der Waals surface area (Å²) in [6.45, 7) is 0. The third-order valence-corrected chi connectivity index (χ3v) is 4.11. The lowest BCUT2D eigenvalue weighted by molar-refractivity contribution is -0.158. The van der Waals surface area contributed by atoms with Gasteiger partial charge in [0.25, 0.3) is 0 Å². The predicted molar refractivity (Wildman–Crippen MR) is 57.1 cm³/mol. The maximum atomic E-state index is 12.8. The molecule has 1 aliphatic rings. The van der Waals surface area contributed by atoms with Crippen LogP contribution in [-0.4, -0.2) is 23.4 Å². The van der Waals surface area contributed by atoms with E-state index < -0.39 is 51.0 Å². The predicted octanol–water partition coefficient (Wildman–Crippen LogP) is 6.04. The SMILES string of the molecule is FC(F)(F)C1=C(Cl)C(C(F)(F)F)=C(Cl)C(Cl)(C(F)(F)F)C1. The van der Waals surface area contributed by atoms with Crippen molar-refractivity contribution in [1.82, 2.24) is 0 Å². The first-order chi connectivity index (χ1) is 9.03. The lowest BCUT2D eigenvalue weighted by Gasteiger charge is -2.36. The van der Waals surface area contributed by atoms with Gasteiger partial charge in [-0.05, 0) is 0 Å². The zero-order valence-corrected chi connectivity index (χ0v) is 11.5. The molecule has 0 radical (unpaired) electrons. The molecule has 0 spiro atoms. The number of hydrogen-bond donors (Lipinski definition) is 0. The van der Waals surface area contributed by atoms with Crippen LogP contribution in [-0.2, 0) is 0 Å². The van der Waals surface area contributed by atoms with Gasteiger partial charge in [0.2, 0.25) is 0 Å². The van der Waals surface area contributed by atoms with Gasteiger partial charge in [-0.2, -0.15) is 39.5 Å². The summed E-state index contributed by atoms with van der Waals surface area (Å²) in [7, 11) is 0. The zero-order chi connectivity index (χ0) is 17.0. The molecule has 1 unspecified atom stereocenters. The molecule has 1 rings (SSSR count). The maximum absolute atomic E-state index is 12.8. The van der Waals surface area contributed by atoms with E-state index >= 15 is 0 Å². The van der Waals surface area contributed by atoms with Crippen molar-refractivity contribution in [2.24, 2.45) is 0 Å². The third kappa shape index (κ3) is 3.24. The summed E-state index contributed by atoms with van der Waals surface area (Å²) in [5, 5.41) is -3.98. The Morgan fingerprint density at radius 1 is 0.810 bits per heavy atom. The molecule has 0 aliphatic heterocycles. The first-order valence-corrected chi connectivity index (χ1v) is 5.86. The molecule has 0 aromatic rings. The minimum absolute atomic E-state index is 1.94. The lowest BCUT2D eigenvalue weighted by atomic mass is 9.87. The van der Waals surface area contributed by atoms with E-state index in [0.29, 0.717) is 0 Å². The van der Waals surface area contributed by atoms with Crippen molar-refractivity contribution in [2.75, 3.05) is 0 Å². The fraction of sp³-hybridized carbons (Fsp3) is 0.556. The number of allylic oxidation sites excluding steroid dienone is 4. The second-order valence-electron chi connectivity index (χ2n) is 3.95. The average molecular weight is 387 g/mol. The Labute approximate surface area is 126 Å². The molecular formula is C9H2Cl3F9. The number of alkyl halides is 10. The van der Waals surface area contributed by atoms with Crippen molar-refractivity contribution >= 4 is 34.8 Å². The first kappa shape index (κ1) is 18.8. The third-order valence-electron chi connectivity index (χ3n) is 2.55. The number of halogens is 12. The van der Waals surface area contributed by atoms with Crippen molar-refractivity contribution < 1.29 is 39.5 Å². The van der Waals surface area contributed by atoms with E-state index in [1.807, 2.05) is 0 Å². The van der Waals surface area contributed by atoms with E-state index in [1.165, 1.54) is 0 Å². The molecule has 0 saturated carbocycles. The van der Waals surface area contributed by atoms with Gasteiger partial charge in [0.05, 0.1) is 21.2 Å². The molecule has 0 bridgehead atoms. The fourth-order valence-electron chi connectivity index (χ4n) is 1.54. The van der Waals surface area contributed by atoms with Crippen LogP contribution < -0.4 is 0 Å². The summed E-state index contributed by atoms with van der Waals surface area (Å²) in [5.74, 6) is 0. The van der Waals surface area contributed by atoms with Gasteiger partial charge in [-0.3, -0.25) is 0 Å². The summed E-state index contributed by atoms with van der Waals surface area (Å²) in [6.07, 6.45) is -18.9. The molecule has 0 N–H and O–H groups in total. The highest BCUT2D eigenvalue weighted by Gasteiger charge is 2.64. The van der Waals surface area contributed by atoms with Crippen LogP contribution in [0, 0.1) is 0 Å². The Kier molecular flexibility index (Phi) is 4.58. The molecule has 1 aliphatic carbocycles. The highest BCUT2D eigenvalue weighted by atomic mass is 35.5. The van der Waals surface area contributed by atoms with Crippen molar-refractivity contribution in [2.45, 2.75) is 29.8 Å². The molecule has 12 heteroatoms. The fourth-order valence-corrected chi connectivity index (χ4v) is 2.57. The zero-order valence-electron chi connectivity index (χ0n) is 9.24. The van der Waals surface area contributed by atoms with E-state index in [4.69, 9.17) is 34.8 Å². The Morgan fingerprint density at radius 3 is 1.52 bits per heavy atom. The van der Waals surface area contributed by atoms with Gasteiger partial charge in [0.15, 0.2) is 4.87 Å². The molecular weight excluding hydrogens is 385 g/mol. The van der Waals surface area contributed by atoms with Gasteiger partial charge in [0, 0.05) is 6.42 Å². The van der Waals surface area contributed by atoms with Crippen LogP contribution in [0.2, 0.25) is 0 Å².